The first-order valence-electron chi connectivity index (χ1n) is 7.46. The van der Waals surface area contributed by atoms with Gasteiger partial charge in [0.25, 0.3) is 5.91 Å². The summed E-state index contributed by atoms with van der Waals surface area (Å²) in [5.41, 5.74) is 2.63. The number of aromatic nitrogens is 1. The van der Waals surface area contributed by atoms with Crippen LogP contribution < -0.4 is 14.8 Å². The molecule has 0 saturated carbocycles. The minimum atomic E-state index is -0.145. The molecule has 3 aromatic rings. The molecule has 24 heavy (non-hydrogen) atoms. The molecule has 0 fully saturated rings. The molecule has 1 aliphatic rings. The van der Waals surface area contributed by atoms with E-state index >= 15 is 0 Å². The molecule has 0 unspecified atom stereocenters. The highest BCUT2D eigenvalue weighted by Crippen LogP contribution is 2.32. The Hall–Kier alpha value is -2.86. The van der Waals surface area contributed by atoms with E-state index in [1.165, 1.54) is 0 Å². The van der Waals surface area contributed by atoms with E-state index in [1.807, 2.05) is 29.6 Å². The standard InChI is InChI=1S/C18H14N2O3S/c21-17(13-4-5-15-16(9-13)23-11-22-15)20-10-12-2-1-3-14(8-12)18-19-6-7-24-18/h1-9H,10-11H2,(H,20,21). The molecule has 0 aliphatic carbocycles. The Bertz CT molecular complexity index is 878. The monoisotopic (exact) mass is 338 g/mol. The highest BCUT2D eigenvalue weighted by atomic mass is 32.1. The average Bonchev–Trinajstić information content (AvgIpc) is 3.30. The molecule has 2 aromatic carbocycles. The van der Waals surface area contributed by atoms with Crippen LogP contribution in [0, 0.1) is 0 Å². The number of carbonyl (C=O) groups excluding carboxylic acids is 1. The fourth-order valence-corrected chi connectivity index (χ4v) is 3.14. The van der Waals surface area contributed by atoms with Crippen molar-refractivity contribution in [3.8, 4) is 22.1 Å². The van der Waals surface area contributed by atoms with Crippen molar-refractivity contribution < 1.29 is 14.3 Å². The number of hydrogen-bond acceptors (Lipinski definition) is 5. The molecule has 0 spiro atoms. The van der Waals surface area contributed by atoms with E-state index < -0.39 is 0 Å². The number of hydrogen-bond donors (Lipinski definition) is 1. The highest BCUT2D eigenvalue weighted by molar-refractivity contribution is 7.13. The number of nitrogens with one attached hydrogen (secondary N) is 1. The summed E-state index contributed by atoms with van der Waals surface area (Å²) in [7, 11) is 0. The van der Waals surface area contributed by atoms with Crippen molar-refractivity contribution in [1.29, 1.82) is 0 Å². The van der Waals surface area contributed by atoms with E-state index in [2.05, 4.69) is 10.3 Å². The quantitative estimate of drug-likeness (QED) is 0.791. The fraction of sp³-hybridized carbons (Fsp3) is 0.111. The normalized spacial score (nSPS) is 12.2. The van der Waals surface area contributed by atoms with Crippen LogP contribution in [0.15, 0.2) is 54.0 Å². The van der Waals surface area contributed by atoms with Gasteiger partial charge in [0.2, 0.25) is 6.79 Å². The van der Waals surface area contributed by atoms with E-state index in [0.717, 1.165) is 16.1 Å². The lowest BCUT2D eigenvalue weighted by Crippen LogP contribution is -2.22. The van der Waals surface area contributed by atoms with Gasteiger partial charge < -0.3 is 14.8 Å². The minimum absolute atomic E-state index is 0.145. The van der Waals surface area contributed by atoms with Crippen molar-refractivity contribution in [2.45, 2.75) is 6.54 Å². The van der Waals surface area contributed by atoms with Gasteiger partial charge >= 0.3 is 0 Å². The number of benzene rings is 2. The number of carbonyl (C=O) groups is 1. The van der Waals surface area contributed by atoms with Crippen LogP contribution in [0.1, 0.15) is 15.9 Å². The van der Waals surface area contributed by atoms with Gasteiger partial charge in [-0.25, -0.2) is 4.98 Å². The zero-order valence-corrected chi connectivity index (χ0v) is 13.5. The number of amides is 1. The largest absolute Gasteiger partial charge is 0.454 e. The summed E-state index contributed by atoms with van der Waals surface area (Å²) < 4.78 is 10.6. The van der Waals surface area contributed by atoms with Crippen molar-refractivity contribution in [2.24, 2.45) is 0 Å². The first-order chi connectivity index (χ1) is 11.8. The van der Waals surface area contributed by atoms with Crippen LogP contribution in [0.2, 0.25) is 0 Å². The summed E-state index contributed by atoms with van der Waals surface area (Å²) in [6.07, 6.45) is 1.79. The Morgan fingerprint density at radius 3 is 2.96 bits per heavy atom. The number of ether oxygens (including phenoxy) is 2. The molecule has 1 aliphatic heterocycles. The van der Waals surface area contributed by atoms with Gasteiger partial charge in [0.05, 0.1) is 0 Å². The Labute approximate surface area is 142 Å². The SMILES string of the molecule is O=C(NCc1cccc(-c2nccs2)c1)c1ccc2c(c1)OCO2. The van der Waals surface area contributed by atoms with Crippen LogP contribution in [-0.2, 0) is 6.54 Å². The number of rotatable bonds is 4. The summed E-state index contributed by atoms with van der Waals surface area (Å²) in [4.78, 5) is 16.6. The van der Waals surface area contributed by atoms with Gasteiger partial charge in [-0.15, -0.1) is 11.3 Å². The van der Waals surface area contributed by atoms with Crippen molar-refractivity contribution in [3.05, 3.63) is 65.2 Å². The molecule has 5 nitrogen and oxygen atoms in total. The fourth-order valence-electron chi connectivity index (χ4n) is 2.50. The van der Waals surface area contributed by atoms with Crippen molar-refractivity contribution in [1.82, 2.24) is 10.3 Å². The first kappa shape index (κ1) is 14.7. The molecular weight excluding hydrogens is 324 g/mol. The molecule has 120 valence electrons. The maximum Gasteiger partial charge on any atom is 0.251 e. The minimum Gasteiger partial charge on any atom is -0.454 e. The zero-order chi connectivity index (χ0) is 16.4. The van der Waals surface area contributed by atoms with Crippen molar-refractivity contribution >= 4 is 17.2 Å². The second kappa shape index (κ2) is 6.33. The molecule has 1 aromatic heterocycles. The van der Waals surface area contributed by atoms with Gasteiger partial charge in [0.15, 0.2) is 11.5 Å². The van der Waals surface area contributed by atoms with Crippen molar-refractivity contribution in [2.75, 3.05) is 6.79 Å². The lowest BCUT2D eigenvalue weighted by molar-refractivity contribution is 0.0950. The van der Waals surface area contributed by atoms with Crippen LogP contribution >= 0.6 is 11.3 Å². The van der Waals surface area contributed by atoms with Crippen LogP contribution in [0.25, 0.3) is 10.6 Å². The molecule has 0 atom stereocenters. The molecule has 1 N–H and O–H groups in total. The van der Waals surface area contributed by atoms with Gasteiger partial charge in [0.1, 0.15) is 5.01 Å². The van der Waals surface area contributed by atoms with E-state index in [1.54, 1.807) is 35.7 Å². The Balaban J connectivity index is 1.45. The molecule has 1 amide bonds. The third kappa shape index (κ3) is 2.96. The second-order valence-corrected chi connectivity index (χ2v) is 6.18. The molecule has 0 radical (unpaired) electrons. The van der Waals surface area contributed by atoms with Gasteiger partial charge in [-0.1, -0.05) is 18.2 Å². The lowest BCUT2D eigenvalue weighted by atomic mass is 10.1. The molecular formula is C18H14N2O3S. The predicted molar refractivity (Wildman–Crippen MR) is 91.3 cm³/mol. The summed E-state index contributed by atoms with van der Waals surface area (Å²) in [5, 5.41) is 5.85. The Morgan fingerprint density at radius 2 is 2.08 bits per heavy atom. The Kier molecular flexibility index (Phi) is 3.88. The molecule has 2 heterocycles. The van der Waals surface area contributed by atoms with Crippen LogP contribution in [0.3, 0.4) is 0 Å². The number of nitrogens with zero attached hydrogens (tertiary/aromatic N) is 1. The molecule has 4 rings (SSSR count). The maximum atomic E-state index is 12.3. The number of fused-ring (bicyclic) bond motifs is 1. The smallest absolute Gasteiger partial charge is 0.251 e. The topological polar surface area (TPSA) is 60.5 Å². The van der Waals surface area contributed by atoms with E-state index in [-0.39, 0.29) is 12.7 Å². The average molecular weight is 338 g/mol. The first-order valence-corrected chi connectivity index (χ1v) is 8.34. The van der Waals surface area contributed by atoms with E-state index in [9.17, 15) is 4.79 Å². The lowest BCUT2D eigenvalue weighted by Gasteiger charge is -2.07. The van der Waals surface area contributed by atoms with Crippen molar-refractivity contribution in [3.63, 3.8) is 0 Å². The van der Waals surface area contributed by atoms with E-state index in [0.29, 0.717) is 23.6 Å². The third-order valence-corrected chi connectivity index (χ3v) is 4.52. The van der Waals surface area contributed by atoms with E-state index in [4.69, 9.17) is 9.47 Å². The second-order valence-electron chi connectivity index (χ2n) is 5.29. The van der Waals surface area contributed by atoms with Gasteiger partial charge in [0, 0.05) is 29.2 Å². The van der Waals surface area contributed by atoms with Gasteiger partial charge in [-0.05, 0) is 29.8 Å². The summed E-state index contributed by atoms with van der Waals surface area (Å²) >= 11 is 1.59. The maximum absolute atomic E-state index is 12.3. The van der Waals surface area contributed by atoms with Crippen LogP contribution in [0.5, 0.6) is 11.5 Å². The highest BCUT2D eigenvalue weighted by Gasteiger charge is 2.16. The summed E-state index contributed by atoms with van der Waals surface area (Å²) in [6, 6.07) is 13.2. The van der Waals surface area contributed by atoms with Crippen LogP contribution in [0.4, 0.5) is 0 Å². The Morgan fingerprint density at radius 1 is 1.17 bits per heavy atom. The summed E-state index contributed by atoms with van der Waals surface area (Å²) in [6.45, 7) is 0.649. The third-order valence-electron chi connectivity index (χ3n) is 3.69. The van der Waals surface area contributed by atoms with Crippen LogP contribution in [-0.4, -0.2) is 17.7 Å². The molecule has 6 heteroatoms. The predicted octanol–water partition coefficient (Wildman–Crippen LogP) is 3.47. The molecule has 0 bridgehead atoms. The molecule has 0 saturated heterocycles. The van der Waals surface area contributed by atoms with Gasteiger partial charge in [-0.2, -0.15) is 0 Å². The number of thiazole rings is 1. The van der Waals surface area contributed by atoms with Gasteiger partial charge in [-0.3, -0.25) is 4.79 Å². The zero-order valence-electron chi connectivity index (χ0n) is 12.7. The summed E-state index contributed by atoms with van der Waals surface area (Å²) in [5.74, 6) is 1.13.